The van der Waals surface area contributed by atoms with Gasteiger partial charge in [0.2, 0.25) is 10.0 Å². The van der Waals surface area contributed by atoms with E-state index in [0.717, 1.165) is 17.4 Å². The number of nitrogens with zero attached hydrogens (tertiary/aromatic N) is 1. The van der Waals surface area contributed by atoms with Gasteiger partial charge in [0.25, 0.3) is 5.91 Å². The van der Waals surface area contributed by atoms with Crippen LogP contribution in [0.3, 0.4) is 0 Å². The van der Waals surface area contributed by atoms with Crippen LogP contribution < -0.4 is 9.62 Å². The second-order valence-electron chi connectivity index (χ2n) is 7.54. The predicted octanol–water partition coefficient (Wildman–Crippen LogP) is 4.22. The zero-order valence-electron chi connectivity index (χ0n) is 18.0. The highest BCUT2D eigenvalue weighted by molar-refractivity contribution is 7.92. The molecule has 0 aliphatic rings. The zero-order chi connectivity index (χ0) is 23.5. The normalized spacial score (nSPS) is 11.1. The Balaban J connectivity index is 1.80. The molecule has 1 amide bonds. The number of aromatic carboxylic acids is 1. The van der Waals surface area contributed by atoms with E-state index in [1.165, 1.54) is 16.4 Å². The molecule has 3 rings (SSSR count). The van der Waals surface area contributed by atoms with Gasteiger partial charge in [-0.1, -0.05) is 30.3 Å². The fourth-order valence-corrected chi connectivity index (χ4v) is 4.06. The molecule has 32 heavy (non-hydrogen) atoms. The summed E-state index contributed by atoms with van der Waals surface area (Å²) in [6.45, 7) is 4.00. The minimum Gasteiger partial charge on any atom is -0.478 e. The van der Waals surface area contributed by atoms with Crippen molar-refractivity contribution in [3.05, 3.63) is 94.5 Å². The molecule has 166 valence electrons. The van der Waals surface area contributed by atoms with Crippen molar-refractivity contribution < 1.29 is 23.1 Å². The van der Waals surface area contributed by atoms with E-state index in [1.807, 2.05) is 26.0 Å². The maximum Gasteiger partial charge on any atom is 0.337 e. The molecule has 3 aromatic carbocycles. The number of rotatable bonds is 7. The molecule has 0 aromatic heterocycles. The average Bonchev–Trinajstić information content (AvgIpc) is 2.74. The predicted molar refractivity (Wildman–Crippen MR) is 125 cm³/mol. The number of hydrogen-bond acceptors (Lipinski definition) is 4. The molecule has 0 unspecified atom stereocenters. The third-order valence-corrected chi connectivity index (χ3v) is 6.27. The van der Waals surface area contributed by atoms with Gasteiger partial charge in [-0.3, -0.25) is 9.10 Å². The smallest absolute Gasteiger partial charge is 0.337 e. The molecule has 8 heteroatoms. The molecule has 0 fully saturated rings. The Labute approximate surface area is 187 Å². The third-order valence-electron chi connectivity index (χ3n) is 5.13. The van der Waals surface area contributed by atoms with Crippen LogP contribution in [0.1, 0.15) is 37.4 Å². The van der Waals surface area contributed by atoms with Crippen molar-refractivity contribution in [2.75, 3.05) is 15.9 Å². The molecule has 0 saturated heterocycles. The van der Waals surface area contributed by atoms with Crippen molar-refractivity contribution in [2.45, 2.75) is 20.4 Å². The molecule has 2 N–H and O–H groups in total. The Morgan fingerprint density at radius 1 is 0.938 bits per heavy atom. The summed E-state index contributed by atoms with van der Waals surface area (Å²) in [6, 6.07) is 18.1. The highest BCUT2D eigenvalue weighted by Crippen LogP contribution is 2.24. The highest BCUT2D eigenvalue weighted by Gasteiger charge is 2.19. The van der Waals surface area contributed by atoms with Crippen LogP contribution in [-0.2, 0) is 16.6 Å². The molecule has 0 spiro atoms. The number of carbonyl (C=O) groups is 2. The third kappa shape index (κ3) is 5.33. The molecule has 0 heterocycles. The first-order chi connectivity index (χ1) is 15.1. The number of anilines is 2. The lowest BCUT2D eigenvalue weighted by atomic mass is 10.1. The Kier molecular flexibility index (Phi) is 6.64. The standard InChI is InChI=1S/C24H24N2O5S/c1-16-8-13-20(14-17(16)2)26(32(3,30)31)15-18-9-11-19(12-10-18)23(27)25-22-7-5-4-6-21(22)24(28)29/h4-14H,15H2,1-3H3,(H,25,27)(H,28,29). The van der Waals surface area contributed by atoms with Gasteiger partial charge < -0.3 is 10.4 Å². The molecule has 0 saturated carbocycles. The van der Waals surface area contributed by atoms with Crippen molar-refractivity contribution >= 4 is 33.3 Å². The van der Waals surface area contributed by atoms with Gasteiger partial charge >= 0.3 is 5.97 Å². The van der Waals surface area contributed by atoms with Crippen LogP contribution in [-0.4, -0.2) is 31.7 Å². The van der Waals surface area contributed by atoms with Crippen LogP contribution in [0.15, 0.2) is 66.7 Å². The van der Waals surface area contributed by atoms with E-state index in [4.69, 9.17) is 0 Å². The molecular formula is C24H24N2O5S. The van der Waals surface area contributed by atoms with E-state index in [9.17, 15) is 23.1 Å². The first kappa shape index (κ1) is 23.0. The maximum atomic E-state index is 12.6. The van der Waals surface area contributed by atoms with Crippen LogP contribution >= 0.6 is 0 Å². The zero-order valence-corrected chi connectivity index (χ0v) is 18.8. The number of hydrogen-bond donors (Lipinski definition) is 2. The van der Waals surface area contributed by atoms with Gasteiger partial charge in [0.15, 0.2) is 0 Å². The van der Waals surface area contributed by atoms with Gasteiger partial charge in [0.1, 0.15) is 0 Å². The van der Waals surface area contributed by atoms with Crippen LogP contribution in [0, 0.1) is 13.8 Å². The van der Waals surface area contributed by atoms with Crippen LogP contribution in [0.2, 0.25) is 0 Å². The average molecular weight is 453 g/mol. The van der Waals surface area contributed by atoms with Crippen molar-refractivity contribution in [3.8, 4) is 0 Å². The summed E-state index contributed by atoms with van der Waals surface area (Å²) in [5, 5.41) is 11.9. The Morgan fingerprint density at radius 3 is 2.19 bits per heavy atom. The second kappa shape index (κ2) is 9.23. The number of carboxylic acid groups (broad SMARTS) is 1. The number of para-hydroxylation sites is 1. The van der Waals surface area contributed by atoms with Crippen LogP contribution in [0.25, 0.3) is 0 Å². The van der Waals surface area contributed by atoms with Crippen molar-refractivity contribution in [1.82, 2.24) is 0 Å². The summed E-state index contributed by atoms with van der Waals surface area (Å²) in [5.41, 5.74) is 3.86. The monoisotopic (exact) mass is 452 g/mol. The molecule has 0 radical (unpaired) electrons. The van der Waals surface area contributed by atoms with Crippen molar-refractivity contribution in [3.63, 3.8) is 0 Å². The lowest BCUT2D eigenvalue weighted by molar-refractivity contribution is 0.0698. The number of nitrogens with one attached hydrogen (secondary N) is 1. The van der Waals surface area contributed by atoms with E-state index in [1.54, 1.807) is 42.5 Å². The number of sulfonamides is 1. The molecule has 3 aromatic rings. The van der Waals surface area contributed by atoms with E-state index in [2.05, 4.69) is 5.32 Å². The molecule has 7 nitrogen and oxygen atoms in total. The van der Waals surface area contributed by atoms with Gasteiger partial charge in [-0.05, 0) is 66.9 Å². The first-order valence-corrected chi connectivity index (χ1v) is 11.7. The summed E-state index contributed by atoms with van der Waals surface area (Å²) in [4.78, 5) is 23.9. The molecule has 0 bridgehead atoms. The Morgan fingerprint density at radius 2 is 1.59 bits per heavy atom. The molecule has 0 aliphatic carbocycles. The van der Waals surface area contributed by atoms with E-state index >= 15 is 0 Å². The van der Waals surface area contributed by atoms with E-state index in [0.29, 0.717) is 16.8 Å². The highest BCUT2D eigenvalue weighted by atomic mass is 32.2. The number of amides is 1. The van der Waals surface area contributed by atoms with E-state index in [-0.39, 0.29) is 17.8 Å². The first-order valence-electron chi connectivity index (χ1n) is 9.84. The van der Waals surface area contributed by atoms with Gasteiger partial charge in [0.05, 0.1) is 29.7 Å². The summed E-state index contributed by atoms with van der Waals surface area (Å²) in [7, 11) is -3.53. The quantitative estimate of drug-likeness (QED) is 0.559. The van der Waals surface area contributed by atoms with Gasteiger partial charge in [-0.25, -0.2) is 13.2 Å². The molecule has 0 atom stereocenters. The number of carboxylic acids is 1. The number of aryl methyl sites for hydroxylation is 2. The SMILES string of the molecule is Cc1ccc(N(Cc2ccc(C(=O)Nc3ccccc3C(=O)O)cc2)S(C)(=O)=O)cc1C. The van der Waals surface area contributed by atoms with Crippen LogP contribution in [0.5, 0.6) is 0 Å². The lowest BCUT2D eigenvalue weighted by Crippen LogP contribution is -2.29. The van der Waals surface area contributed by atoms with Gasteiger partial charge in [0, 0.05) is 5.56 Å². The fraction of sp³-hybridized carbons (Fsp3) is 0.167. The van der Waals surface area contributed by atoms with Crippen LogP contribution in [0.4, 0.5) is 11.4 Å². The summed E-state index contributed by atoms with van der Waals surface area (Å²) < 4.78 is 26.1. The largest absolute Gasteiger partial charge is 0.478 e. The second-order valence-corrected chi connectivity index (χ2v) is 9.45. The maximum absolute atomic E-state index is 12.6. The van der Waals surface area contributed by atoms with Gasteiger partial charge in [-0.15, -0.1) is 0 Å². The topological polar surface area (TPSA) is 104 Å². The minimum atomic E-state index is -3.53. The fourth-order valence-electron chi connectivity index (χ4n) is 3.18. The Hall–Kier alpha value is -3.65. The number of benzene rings is 3. The Bertz CT molecular complexity index is 1270. The van der Waals surface area contributed by atoms with Gasteiger partial charge in [-0.2, -0.15) is 0 Å². The number of carbonyl (C=O) groups excluding carboxylic acids is 1. The van der Waals surface area contributed by atoms with Crippen molar-refractivity contribution in [1.29, 1.82) is 0 Å². The summed E-state index contributed by atoms with van der Waals surface area (Å²) in [6.07, 6.45) is 1.16. The van der Waals surface area contributed by atoms with Crippen molar-refractivity contribution in [2.24, 2.45) is 0 Å². The molecule has 0 aliphatic heterocycles. The lowest BCUT2D eigenvalue weighted by Gasteiger charge is -2.23. The minimum absolute atomic E-state index is 0.00495. The van der Waals surface area contributed by atoms with E-state index < -0.39 is 21.9 Å². The summed E-state index contributed by atoms with van der Waals surface area (Å²) in [5.74, 6) is -1.59. The summed E-state index contributed by atoms with van der Waals surface area (Å²) >= 11 is 0. The molecular weight excluding hydrogens is 428 g/mol.